The molecule has 1 aliphatic rings. The maximum atomic E-state index is 16.3. The number of hydrogen-bond donors (Lipinski definition) is 0. The maximum absolute atomic E-state index is 16.3. The van der Waals surface area contributed by atoms with E-state index in [2.05, 4.69) is 20.1 Å². The Kier molecular flexibility index (Phi) is 6.53. The fourth-order valence-electron chi connectivity index (χ4n) is 5.43. The average molecular weight is 577 g/mol. The van der Waals surface area contributed by atoms with Crippen LogP contribution >= 0.6 is 11.6 Å². The maximum Gasteiger partial charge on any atom is 0.274 e. The standard InChI is InChI=1S/C30H24ClF3N6O/c1-14-11-36-28(18-5-6-24(33)25(9-18)40-17(4)37-16(3)38-40)27(34)29(14)39-15(2)7-23(26(31)30(39)41)22-10-21(22)19-8-20(32)13-35-12-19/h5-9,11-13,21-22H,10H2,1-4H3/t21-,22+/m1/s1. The molecule has 0 amide bonds. The van der Waals surface area contributed by atoms with Crippen molar-refractivity contribution in [2.75, 3.05) is 0 Å². The average Bonchev–Trinajstić information content (AvgIpc) is 3.65. The minimum atomic E-state index is -0.752. The first kappa shape index (κ1) is 26.9. The third kappa shape index (κ3) is 4.61. The number of rotatable bonds is 5. The fourth-order valence-corrected chi connectivity index (χ4v) is 5.71. The van der Waals surface area contributed by atoms with E-state index in [1.54, 1.807) is 40.0 Å². The monoisotopic (exact) mass is 576 g/mol. The Hall–Kier alpha value is -4.31. The van der Waals surface area contributed by atoms with Crippen LogP contribution in [0.15, 0.2) is 53.7 Å². The van der Waals surface area contributed by atoms with Crippen molar-refractivity contribution >= 4 is 11.6 Å². The highest BCUT2D eigenvalue weighted by molar-refractivity contribution is 6.31. The zero-order valence-electron chi connectivity index (χ0n) is 22.6. The SMILES string of the molecule is Cc1nc(C)n(-c2cc(-c3ncc(C)c(-n4c(C)cc([C@H]5C[C@@H]5c5cncc(F)c5)c(Cl)c4=O)c3F)ccc2F)n1. The van der Waals surface area contributed by atoms with Gasteiger partial charge in [0, 0.05) is 23.7 Å². The van der Waals surface area contributed by atoms with Crippen molar-refractivity contribution in [2.45, 2.75) is 46.0 Å². The Morgan fingerprint density at radius 1 is 0.976 bits per heavy atom. The van der Waals surface area contributed by atoms with E-state index in [4.69, 9.17) is 11.6 Å². The molecule has 4 heterocycles. The van der Waals surface area contributed by atoms with Crippen molar-refractivity contribution in [1.82, 2.24) is 29.3 Å². The van der Waals surface area contributed by atoms with Crippen molar-refractivity contribution < 1.29 is 13.2 Å². The molecule has 1 aliphatic carbocycles. The number of benzene rings is 1. The fraction of sp³-hybridized carbons (Fsp3) is 0.233. The number of nitrogens with zero attached hydrogens (tertiary/aromatic N) is 6. The van der Waals surface area contributed by atoms with Gasteiger partial charge in [-0.05, 0) is 93.0 Å². The van der Waals surface area contributed by atoms with Gasteiger partial charge in [-0.25, -0.2) is 22.8 Å². The van der Waals surface area contributed by atoms with Crippen molar-refractivity contribution in [3.05, 3.63) is 116 Å². The summed E-state index contributed by atoms with van der Waals surface area (Å²) >= 11 is 6.61. The van der Waals surface area contributed by atoms with Crippen LogP contribution in [-0.4, -0.2) is 29.3 Å². The van der Waals surface area contributed by atoms with Crippen molar-refractivity contribution in [3.63, 3.8) is 0 Å². The summed E-state index contributed by atoms with van der Waals surface area (Å²) in [5.41, 5.74) is 2.03. The summed E-state index contributed by atoms with van der Waals surface area (Å²) < 4.78 is 47.4. The molecule has 0 bridgehead atoms. The quantitative estimate of drug-likeness (QED) is 0.240. The van der Waals surface area contributed by atoms with Gasteiger partial charge in [-0.15, -0.1) is 0 Å². The number of pyridine rings is 3. The molecule has 4 aromatic heterocycles. The van der Waals surface area contributed by atoms with Gasteiger partial charge in [0.05, 0.1) is 11.9 Å². The largest absolute Gasteiger partial charge is 0.277 e. The Morgan fingerprint density at radius 2 is 1.76 bits per heavy atom. The van der Waals surface area contributed by atoms with E-state index in [-0.39, 0.29) is 33.9 Å². The minimum absolute atomic E-state index is 0.00582. The van der Waals surface area contributed by atoms with Crippen molar-refractivity contribution in [3.8, 4) is 22.6 Å². The van der Waals surface area contributed by atoms with E-state index >= 15 is 4.39 Å². The van der Waals surface area contributed by atoms with Gasteiger partial charge in [0.25, 0.3) is 5.56 Å². The first-order chi connectivity index (χ1) is 19.5. The second-order valence-corrected chi connectivity index (χ2v) is 10.7. The molecule has 0 saturated heterocycles. The van der Waals surface area contributed by atoms with Crippen LogP contribution in [0.2, 0.25) is 5.02 Å². The second kappa shape index (κ2) is 9.95. The lowest BCUT2D eigenvalue weighted by atomic mass is 10.0. The van der Waals surface area contributed by atoms with Gasteiger partial charge in [-0.2, -0.15) is 5.10 Å². The van der Waals surface area contributed by atoms with Crippen LogP contribution in [0.4, 0.5) is 13.2 Å². The molecule has 5 aromatic rings. The van der Waals surface area contributed by atoms with Crippen LogP contribution in [0.5, 0.6) is 0 Å². The number of aryl methyl sites for hydroxylation is 4. The zero-order valence-corrected chi connectivity index (χ0v) is 23.3. The van der Waals surface area contributed by atoms with Crippen LogP contribution in [0.1, 0.15) is 52.3 Å². The van der Waals surface area contributed by atoms with E-state index in [1.165, 1.54) is 39.7 Å². The molecule has 41 heavy (non-hydrogen) atoms. The van der Waals surface area contributed by atoms with E-state index in [0.29, 0.717) is 40.5 Å². The lowest BCUT2D eigenvalue weighted by Crippen LogP contribution is -2.24. The first-order valence-electron chi connectivity index (χ1n) is 12.9. The molecule has 6 rings (SSSR count). The van der Waals surface area contributed by atoms with Crippen molar-refractivity contribution in [2.24, 2.45) is 0 Å². The highest BCUT2D eigenvalue weighted by Crippen LogP contribution is 2.55. The van der Waals surface area contributed by atoms with Crippen LogP contribution in [0.25, 0.3) is 22.6 Å². The highest BCUT2D eigenvalue weighted by Gasteiger charge is 2.42. The molecule has 1 saturated carbocycles. The number of aromatic nitrogens is 6. The van der Waals surface area contributed by atoms with Gasteiger partial charge in [0.2, 0.25) is 0 Å². The van der Waals surface area contributed by atoms with Crippen LogP contribution < -0.4 is 5.56 Å². The molecule has 7 nitrogen and oxygen atoms in total. The van der Waals surface area contributed by atoms with Gasteiger partial charge in [0.15, 0.2) is 5.82 Å². The second-order valence-electron chi connectivity index (χ2n) is 10.3. The Morgan fingerprint density at radius 3 is 2.46 bits per heavy atom. The molecule has 1 aromatic carbocycles. The summed E-state index contributed by atoms with van der Waals surface area (Å²) in [4.78, 5) is 26.0. The zero-order chi connectivity index (χ0) is 29.2. The summed E-state index contributed by atoms with van der Waals surface area (Å²) in [7, 11) is 0. The van der Waals surface area contributed by atoms with Crippen molar-refractivity contribution in [1.29, 1.82) is 0 Å². The Bertz CT molecular complexity index is 1920. The predicted molar refractivity (Wildman–Crippen MR) is 148 cm³/mol. The third-order valence-electron chi connectivity index (χ3n) is 7.43. The lowest BCUT2D eigenvalue weighted by molar-refractivity contribution is 0.604. The molecule has 2 atom stereocenters. The third-order valence-corrected chi connectivity index (χ3v) is 7.81. The summed E-state index contributed by atoms with van der Waals surface area (Å²) in [6.45, 7) is 6.73. The van der Waals surface area contributed by atoms with Gasteiger partial charge in [0.1, 0.15) is 39.7 Å². The lowest BCUT2D eigenvalue weighted by Gasteiger charge is -2.18. The minimum Gasteiger partial charge on any atom is -0.277 e. The van der Waals surface area contributed by atoms with Gasteiger partial charge >= 0.3 is 0 Å². The summed E-state index contributed by atoms with van der Waals surface area (Å²) in [6, 6.07) is 7.28. The van der Waals surface area contributed by atoms with Crippen LogP contribution in [-0.2, 0) is 0 Å². The molecular weight excluding hydrogens is 553 g/mol. The molecule has 11 heteroatoms. The van der Waals surface area contributed by atoms with E-state index in [0.717, 1.165) is 11.8 Å². The van der Waals surface area contributed by atoms with E-state index in [9.17, 15) is 13.6 Å². The first-order valence-corrected chi connectivity index (χ1v) is 13.3. The molecule has 1 fully saturated rings. The van der Waals surface area contributed by atoms with E-state index in [1.807, 2.05) is 0 Å². The van der Waals surface area contributed by atoms with Gasteiger partial charge < -0.3 is 0 Å². The predicted octanol–water partition coefficient (Wildman–Crippen LogP) is 6.45. The van der Waals surface area contributed by atoms with Gasteiger partial charge in [-0.1, -0.05) is 11.6 Å². The molecule has 0 N–H and O–H groups in total. The molecule has 208 valence electrons. The molecule has 0 aliphatic heterocycles. The highest BCUT2D eigenvalue weighted by atomic mass is 35.5. The summed E-state index contributed by atoms with van der Waals surface area (Å²) in [5, 5.41) is 4.21. The summed E-state index contributed by atoms with van der Waals surface area (Å²) in [6.07, 6.45) is 4.91. The summed E-state index contributed by atoms with van der Waals surface area (Å²) in [5.74, 6) is -0.886. The molecular formula is C30H24ClF3N6O. The normalized spacial score (nSPS) is 16.3. The van der Waals surface area contributed by atoms with Crippen LogP contribution in [0, 0.1) is 45.1 Å². The number of hydrogen-bond acceptors (Lipinski definition) is 5. The van der Waals surface area contributed by atoms with E-state index < -0.39 is 23.0 Å². The topological polar surface area (TPSA) is 78.5 Å². The Labute approximate surface area is 238 Å². The van der Waals surface area contributed by atoms with Crippen LogP contribution in [0.3, 0.4) is 0 Å². The number of halogens is 4. The Balaban J connectivity index is 1.43. The van der Waals surface area contributed by atoms with Gasteiger partial charge in [-0.3, -0.25) is 19.3 Å². The smallest absolute Gasteiger partial charge is 0.274 e. The molecule has 0 unspecified atom stereocenters. The molecule has 0 spiro atoms. The molecule has 0 radical (unpaired) electrons.